The molecule has 0 fully saturated rings. The topological polar surface area (TPSA) is 81.8 Å². The van der Waals surface area contributed by atoms with Gasteiger partial charge in [-0.25, -0.2) is 8.42 Å². The molecule has 0 aliphatic carbocycles. The predicted octanol–water partition coefficient (Wildman–Crippen LogP) is 5.38. The second-order valence-corrected chi connectivity index (χ2v) is 10.9. The Balaban J connectivity index is 1.61. The molecule has 0 radical (unpaired) electrons. The van der Waals surface area contributed by atoms with Crippen LogP contribution in [0.3, 0.4) is 0 Å². The Morgan fingerprint density at radius 3 is 2.64 bits per heavy atom. The molecule has 2 aliphatic rings. The van der Waals surface area contributed by atoms with Crippen LogP contribution >= 0.6 is 46.9 Å². The lowest BCUT2D eigenvalue weighted by atomic mass is 10.1. The van der Waals surface area contributed by atoms with Gasteiger partial charge in [0.15, 0.2) is 0 Å². The van der Waals surface area contributed by atoms with Crippen LogP contribution < -0.4 is 9.44 Å². The van der Waals surface area contributed by atoms with Crippen LogP contribution in [-0.4, -0.2) is 30.6 Å². The molecule has 7 nitrogen and oxygen atoms in total. The van der Waals surface area contributed by atoms with Crippen molar-refractivity contribution in [3.8, 4) is 0 Å². The Labute approximate surface area is 211 Å². The van der Waals surface area contributed by atoms with Crippen LogP contribution in [0.4, 0.5) is 5.69 Å². The van der Waals surface area contributed by atoms with Gasteiger partial charge in [0, 0.05) is 41.1 Å². The molecule has 2 heterocycles. The van der Waals surface area contributed by atoms with Crippen molar-refractivity contribution in [1.29, 1.82) is 0 Å². The number of allylic oxidation sites excluding steroid dienone is 2. The van der Waals surface area contributed by atoms with E-state index in [-0.39, 0.29) is 27.7 Å². The van der Waals surface area contributed by atoms with E-state index in [1.54, 1.807) is 48.0 Å². The number of carbonyl (C=O) groups excluding carboxylic acids is 1. The Morgan fingerprint density at radius 2 is 1.88 bits per heavy atom. The number of hydrogen-bond donors (Lipinski definition) is 2. The van der Waals surface area contributed by atoms with Gasteiger partial charge < -0.3 is 9.62 Å². The first-order chi connectivity index (χ1) is 15.7. The van der Waals surface area contributed by atoms with Gasteiger partial charge in [-0.1, -0.05) is 40.9 Å². The zero-order valence-corrected chi connectivity index (χ0v) is 21.0. The molecule has 4 rings (SSSR count). The second-order valence-electron chi connectivity index (χ2n) is 7.13. The average molecular weight is 544 g/mol. The quantitative estimate of drug-likeness (QED) is 0.476. The number of fused-ring (bicyclic) bond motifs is 1. The molecule has 0 unspecified atom stereocenters. The highest BCUT2D eigenvalue weighted by Gasteiger charge is 2.31. The fourth-order valence-corrected chi connectivity index (χ4v) is 5.85. The lowest BCUT2D eigenvalue weighted by Gasteiger charge is -2.23. The monoisotopic (exact) mass is 542 g/mol. The average Bonchev–Trinajstić information content (AvgIpc) is 3.24. The summed E-state index contributed by atoms with van der Waals surface area (Å²) in [6, 6.07) is 9.43. The number of anilines is 1. The third kappa shape index (κ3) is 5.12. The van der Waals surface area contributed by atoms with E-state index in [1.165, 1.54) is 41.3 Å². The van der Waals surface area contributed by atoms with E-state index >= 15 is 0 Å². The highest BCUT2D eigenvalue weighted by atomic mass is 35.5. The van der Waals surface area contributed by atoms with E-state index in [9.17, 15) is 13.2 Å². The number of sulfonamides is 1. The minimum absolute atomic E-state index is 0.0576. The maximum Gasteiger partial charge on any atom is 0.264 e. The van der Waals surface area contributed by atoms with Crippen molar-refractivity contribution in [1.82, 2.24) is 13.9 Å². The molecule has 0 saturated carbocycles. The van der Waals surface area contributed by atoms with Crippen molar-refractivity contribution < 1.29 is 13.2 Å². The molecule has 12 heteroatoms. The van der Waals surface area contributed by atoms with Gasteiger partial charge in [0.25, 0.3) is 15.9 Å². The summed E-state index contributed by atoms with van der Waals surface area (Å²) in [7, 11) is -2.43. The number of rotatable bonds is 6. The third-order valence-electron chi connectivity index (χ3n) is 4.82. The van der Waals surface area contributed by atoms with E-state index in [0.29, 0.717) is 21.3 Å². The summed E-state index contributed by atoms with van der Waals surface area (Å²) in [6.07, 6.45) is 6.44. The zero-order valence-electron chi connectivity index (χ0n) is 17.1. The van der Waals surface area contributed by atoms with Crippen molar-refractivity contribution in [2.24, 2.45) is 0 Å². The molecule has 0 saturated heterocycles. The molecule has 2 aromatic rings. The van der Waals surface area contributed by atoms with Crippen LogP contribution in [0.25, 0.3) is 0 Å². The van der Waals surface area contributed by atoms with Crippen LogP contribution in [0.1, 0.15) is 15.9 Å². The number of hydrogen-bond acceptors (Lipinski definition) is 6. The summed E-state index contributed by atoms with van der Waals surface area (Å²) in [5.41, 5.74) is 1.39. The minimum Gasteiger partial charge on any atom is -0.337 e. The van der Waals surface area contributed by atoms with E-state index in [4.69, 9.17) is 34.8 Å². The number of benzene rings is 2. The molecule has 2 N–H and O–H groups in total. The standard InChI is InChI=1S/C21H17Cl3N4O3S2/c1-27(12-13-4-5-14(22)9-17(13)24)21(29)16-7-6-15(23)10-18(16)26-33(30,31)20-3-2-8-28-19(20)11-25-32-28/h2-11,25-26H,12H2,1H3. The summed E-state index contributed by atoms with van der Waals surface area (Å²) < 4.78 is 33.5. The summed E-state index contributed by atoms with van der Waals surface area (Å²) >= 11 is 19.5. The van der Waals surface area contributed by atoms with Gasteiger partial charge in [0.2, 0.25) is 0 Å². The van der Waals surface area contributed by atoms with Gasteiger partial charge in [-0.15, -0.1) is 0 Å². The smallest absolute Gasteiger partial charge is 0.264 e. The molecule has 0 atom stereocenters. The number of nitrogens with zero attached hydrogens (tertiary/aromatic N) is 2. The highest BCUT2D eigenvalue weighted by Crippen LogP contribution is 2.35. The molecule has 2 aliphatic heterocycles. The van der Waals surface area contributed by atoms with Crippen LogP contribution in [0.5, 0.6) is 0 Å². The van der Waals surface area contributed by atoms with Crippen LogP contribution in [0.15, 0.2) is 71.6 Å². The number of halogens is 3. The van der Waals surface area contributed by atoms with Crippen LogP contribution in [0, 0.1) is 0 Å². The first-order valence-electron chi connectivity index (χ1n) is 9.48. The molecule has 172 valence electrons. The number of amides is 1. The summed E-state index contributed by atoms with van der Waals surface area (Å²) in [6.45, 7) is 0.199. The van der Waals surface area contributed by atoms with Crippen molar-refractivity contribution in [2.45, 2.75) is 6.54 Å². The van der Waals surface area contributed by atoms with Gasteiger partial charge >= 0.3 is 0 Å². The number of carbonyl (C=O) groups is 1. The molecule has 1 amide bonds. The fourth-order valence-electron chi connectivity index (χ4n) is 3.23. The Morgan fingerprint density at radius 1 is 1.15 bits per heavy atom. The Hall–Kier alpha value is -2.30. The van der Waals surface area contributed by atoms with E-state index in [0.717, 1.165) is 0 Å². The summed E-state index contributed by atoms with van der Waals surface area (Å²) in [5.74, 6) is -0.410. The molecule has 33 heavy (non-hydrogen) atoms. The van der Waals surface area contributed by atoms with E-state index in [1.807, 2.05) is 0 Å². The molecular weight excluding hydrogens is 527 g/mol. The normalized spacial score (nSPS) is 14.8. The largest absolute Gasteiger partial charge is 0.337 e. The number of nitrogens with one attached hydrogen (secondary N) is 2. The maximum atomic E-state index is 13.2. The van der Waals surface area contributed by atoms with Crippen molar-refractivity contribution >= 4 is 68.6 Å². The second kappa shape index (κ2) is 9.52. The lowest BCUT2D eigenvalue weighted by Crippen LogP contribution is -2.28. The molecule has 0 bridgehead atoms. The van der Waals surface area contributed by atoms with Crippen LogP contribution in [-0.2, 0) is 16.6 Å². The van der Waals surface area contributed by atoms with Gasteiger partial charge in [-0.2, -0.15) is 0 Å². The SMILES string of the molecule is CN(Cc1ccc(Cl)cc1Cl)C(=O)c1ccc(Cl)cc1NS(=O)(=O)C1=CC=CN2SNC=C12. The first-order valence-corrected chi connectivity index (χ1v) is 12.9. The van der Waals surface area contributed by atoms with Crippen molar-refractivity contribution in [2.75, 3.05) is 11.8 Å². The third-order valence-corrected chi connectivity index (χ3v) is 7.79. The van der Waals surface area contributed by atoms with Gasteiger partial charge in [0.05, 0.1) is 29.1 Å². The van der Waals surface area contributed by atoms with E-state index < -0.39 is 15.9 Å². The van der Waals surface area contributed by atoms with Gasteiger partial charge in [0.1, 0.15) is 4.91 Å². The van der Waals surface area contributed by atoms with Crippen molar-refractivity contribution in [3.63, 3.8) is 0 Å². The van der Waals surface area contributed by atoms with Gasteiger partial charge in [-0.05, 0) is 48.0 Å². The first kappa shape index (κ1) is 23.8. The fraction of sp³-hybridized carbons (Fsp3) is 0.0952. The Kier molecular flexibility index (Phi) is 6.88. The predicted molar refractivity (Wildman–Crippen MR) is 134 cm³/mol. The molecule has 0 aromatic heterocycles. The summed E-state index contributed by atoms with van der Waals surface area (Å²) in [4.78, 5) is 14.7. The van der Waals surface area contributed by atoms with Crippen LogP contribution in [0.2, 0.25) is 15.1 Å². The lowest BCUT2D eigenvalue weighted by molar-refractivity contribution is 0.0786. The highest BCUT2D eigenvalue weighted by molar-refractivity contribution is 7.97. The Bertz CT molecular complexity index is 1330. The zero-order chi connectivity index (χ0) is 23.8. The van der Waals surface area contributed by atoms with Gasteiger partial charge in [-0.3, -0.25) is 13.8 Å². The van der Waals surface area contributed by atoms with Crippen molar-refractivity contribution in [3.05, 3.63) is 97.7 Å². The molecular formula is C21H17Cl3N4O3S2. The minimum atomic E-state index is -4.03. The molecule has 2 aromatic carbocycles. The summed E-state index contributed by atoms with van der Waals surface area (Å²) in [5, 5.41) is 1.20. The molecule has 0 spiro atoms. The maximum absolute atomic E-state index is 13.2. The van der Waals surface area contributed by atoms with E-state index in [2.05, 4.69) is 9.44 Å².